The van der Waals surface area contributed by atoms with E-state index in [2.05, 4.69) is 277 Å². The lowest BCUT2D eigenvalue weighted by Crippen LogP contribution is -2.21. The normalized spacial score (nSPS) is 12.0. The van der Waals surface area contributed by atoms with Crippen LogP contribution in [-0.4, -0.2) is 53.6 Å². The molecule has 0 bridgehead atoms. The van der Waals surface area contributed by atoms with Gasteiger partial charge in [-0.15, -0.1) is 0 Å². The average Bonchev–Trinajstić information content (AvgIpc) is 1.56. The van der Waals surface area contributed by atoms with Gasteiger partial charge in [0.25, 0.3) is 0 Å². The van der Waals surface area contributed by atoms with Crippen molar-refractivity contribution in [3.63, 3.8) is 0 Å². The zero-order valence-electron chi connectivity index (χ0n) is 56.5. The molecule has 0 spiro atoms. The van der Waals surface area contributed by atoms with E-state index in [0.29, 0.717) is 18.1 Å². The Morgan fingerprint density at radius 2 is 0.683 bits per heavy atom. The Bertz CT molecular complexity index is 6060. The first-order valence-electron chi connectivity index (χ1n) is 34.3. The maximum absolute atomic E-state index is 5.40. The fourth-order valence-electron chi connectivity index (χ4n) is 14.7. The molecule has 0 unspecified atom stereocenters. The Labute approximate surface area is 584 Å². The molecule has 0 aliphatic carbocycles. The van der Waals surface area contributed by atoms with Crippen LogP contribution in [0.5, 0.6) is 0 Å². The van der Waals surface area contributed by atoms with Crippen molar-refractivity contribution in [1.29, 1.82) is 0 Å². The smallest absolute Gasteiger partial charge is 0.160 e. The van der Waals surface area contributed by atoms with Crippen LogP contribution in [0, 0.1) is 0 Å². The predicted molar refractivity (Wildman–Crippen MR) is 412 cm³/mol. The summed E-state index contributed by atoms with van der Waals surface area (Å²) in [5.74, 6) is 1.27. The number of hydrogen-bond donors (Lipinski definition) is 0. The lowest BCUT2D eigenvalue weighted by molar-refractivity contribution is 0.516. The van der Waals surface area contributed by atoms with E-state index in [9.17, 15) is 0 Å². The number of fused-ring (bicyclic) bond motifs is 9. The highest BCUT2D eigenvalue weighted by atomic mass is 15.0. The number of aromatic nitrogens is 11. The minimum Gasteiger partial charge on any atom is -0.309 e. The second kappa shape index (κ2) is 24.3. The first kappa shape index (κ1) is 60.5. The van der Waals surface area contributed by atoms with Gasteiger partial charge in [0, 0.05) is 107 Å². The molecule has 11 nitrogen and oxygen atoms in total. The summed E-state index contributed by atoms with van der Waals surface area (Å²) in [6.45, 7) is 11.6. The van der Waals surface area contributed by atoms with Crippen molar-refractivity contribution in [2.75, 3.05) is 0 Å². The van der Waals surface area contributed by atoms with Crippen molar-refractivity contribution in [3.05, 3.63) is 321 Å². The first-order valence-corrected chi connectivity index (χ1v) is 34.3. The molecule has 9 aromatic heterocycles. The quantitative estimate of drug-likeness (QED) is 0.112. The molecule has 0 radical (unpaired) electrons. The second-order valence-electron chi connectivity index (χ2n) is 27.9. The summed E-state index contributed by atoms with van der Waals surface area (Å²) in [4.78, 5) is 40.6. The minimum atomic E-state index is -0.333. The zero-order chi connectivity index (χ0) is 67.9. The van der Waals surface area contributed by atoms with Crippen molar-refractivity contribution in [2.24, 2.45) is 0 Å². The van der Waals surface area contributed by atoms with Gasteiger partial charge in [-0.3, -0.25) is 19.9 Å². The average molecular weight is 1300 g/mol. The maximum Gasteiger partial charge on any atom is 0.160 e. The number of hydrogen-bond acceptors (Lipinski definition) is 8. The lowest BCUT2D eigenvalue weighted by atomic mass is 9.79. The molecule has 0 aliphatic heterocycles. The molecule has 101 heavy (non-hydrogen) atoms. The topological polar surface area (TPSA) is 118 Å². The van der Waals surface area contributed by atoms with Crippen LogP contribution in [0.4, 0.5) is 0 Å². The fraction of sp³-hybridized carbons (Fsp3) is 0.0889. The van der Waals surface area contributed by atoms with Crippen LogP contribution in [0.15, 0.2) is 304 Å². The summed E-state index contributed by atoms with van der Waals surface area (Å²) in [5, 5.41) is 6.76. The van der Waals surface area contributed by atoms with Gasteiger partial charge in [-0.1, -0.05) is 198 Å². The van der Waals surface area contributed by atoms with E-state index < -0.39 is 0 Å². The number of benzene rings is 9. The largest absolute Gasteiger partial charge is 0.309 e. The second-order valence-corrected chi connectivity index (χ2v) is 27.9. The summed E-state index contributed by atoms with van der Waals surface area (Å²) >= 11 is 0. The zero-order valence-corrected chi connectivity index (χ0v) is 56.5. The molecular formula is C90H67N11. The van der Waals surface area contributed by atoms with Gasteiger partial charge < -0.3 is 13.7 Å². The molecular weight excluding hydrogens is 1240 g/mol. The number of pyridine rings is 4. The molecule has 0 saturated carbocycles. The third-order valence-corrected chi connectivity index (χ3v) is 19.9. The van der Waals surface area contributed by atoms with Crippen molar-refractivity contribution in [2.45, 2.75) is 51.9 Å². The molecule has 482 valence electrons. The van der Waals surface area contributed by atoms with Crippen molar-refractivity contribution in [3.8, 4) is 96.0 Å². The van der Waals surface area contributed by atoms with E-state index in [-0.39, 0.29) is 10.8 Å². The van der Waals surface area contributed by atoms with E-state index in [0.717, 1.165) is 145 Å². The van der Waals surface area contributed by atoms with Crippen LogP contribution in [0.3, 0.4) is 0 Å². The van der Waals surface area contributed by atoms with Crippen LogP contribution < -0.4 is 0 Å². The lowest BCUT2D eigenvalue weighted by Gasteiger charge is -2.25. The Hall–Kier alpha value is -12.9. The van der Waals surface area contributed by atoms with E-state index >= 15 is 0 Å². The minimum absolute atomic E-state index is 0.0570. The molecule has 0 saturated heterocycles. The van der Waals surface area contributed by atoms with Gasteiger partial charge in [0.05, 0.1) is 80.7 Å². The highest BCUT2D eigenvalue weighted by Crippen LogP contribution is 2.43. The van der Waals surface area contributed by atoms with E-state index in [1.807, 2.05) is 85.7 Å². The van der Waals surface area contributed by atoms with Gasteiger partial charge in [-0.2, -0.15) is 0 Å². The fourth-order valence-corrected chi connectivity index (χ4v) is 14.7. The summed E-state index contributed by atoms with van der Waals surface area (Å²) < 4.78 is 6.97. The number of nitrogens with zero attached hydrogens (tertiary/aromatic N) is 11. The van der Waals surface area contributed by atoms with Gasteiger partial charge in [-0.25, -0.2) is 19.9 Å². The van der Waals surface area contributed by atoms with Crippen molar-refractivity contribution >= 4 is 65.4 Å². The summed E-state index contributed by atoms with van der Waals surface area (Å²) in [5.41, 5.74) is 23.6. The molecule has 9 aromatic carbocycles. The Morgan fingerprint density at radius 3 is 1.17 bits per heavy atom. The van der Waals surface area contributed by atoms with Crippen molar-refractivity contribution < 1.29 is 0 Å². The highest BCUT2D eigenvalue weighted by Gasteiger charge is 2.27. The summed E-state index contributed by atoms with van der Waals surface area (Å²) in [6.07, 6.45) is 14.2. The summed E-state index contributed by atoms with van der Waals surface area (Å²) in [6, 6.07) is 92.4. The van der Waals surface area contributed by atoms with Gasteiger partial charge in [-0.05, 0) is 137 Å². The molecule has 18 aromatic rings. The molecule has 18 rings (SSSR count). The van der Waals surface area contributed by atoms with E-state index in [1.54, 1.807) is 0 Å². The number of rotatable bonds is 13. The monoisotopic (exact) mass is 1300 g/mol. The molecule has 0 aliphatic rings. The molecule has 9 heterocycles. The van der Waals surface area contributed by atoms with Gasteiger partial charge in [0.1, 0.15) is 0 Å². The molecule has 0 atom stereocenters. The molecule has 0 fully saturated rings. The molecule has 0 N–H and O–H groups in total. The van der Waals surface area contributed by atoms with Gasteiger partial charge in [0.15, 0.2) is 11.6 Å². The van der Waals surface area contributed by atoms with E-state index in [4.69, 9.17) is 29.9 Å². The van der Waals surface area contributed by atoms with E-state index in [1.165, 1.54) is 21.9 Å². The van der Waals surface area contributed by atoms with Gasteiger partial charge >= 0.3 is 0 Å². The van der Waals surface area contributed by atoms with Crippen molar-refractivity contribution in [1.82, 2.24) is 53.6 Å². The van der Waals surface area contributed by atoms with Gasteiger partial charge in [0.2, 0.25) is 0 Å². The van der Waals surface area contributed by atoms with Crippen LogP contribution >= 0.6 is 0 Å². The third kappa shape index (κ3) is 11.0. The van der Waals surface area contributed by atoms with Crippen LogP contribution in [0.1, 0.15) is 51.4 Å². The standard InChI is InChI=1S/C90H67N11/c1-89(2,3)65-31-35-81-74(46-65)75-47-66(32-36-82(75)99(81)68-33-29-57(30-34-68)62-27-18-28-63(43-62)87-95-77(58-19-10-6-11-20-58)50-78(96-87)59-21-12-7-13-22-59)90(4,5)52-67-48-76-73-39-42-93-55-85(73)101(86(76)56-94-67)70-45-64(44-69(49-70)100-83-53-91-40-37-71(83)72-38-41-92-54-84(72)100)88-97-79(60-23-14-8-15-24-60)51-80(98-88)61-25-16-9-17-26-61/h6-51,53-56H,52H2,1-5H3. The third-order valence-electron chi connectivity index (χ3n) is 19.9. The summed E-state index contributed by atoms with van der Waals surface area (Å²) in [7, 11) is 0. The molecule has 11 heteroatoms. The highest BCUT2D eigenvalue weighted by molar-refractivity contribution is 6.12. The van der Waals surface area contributed by atoms with Crippen LogP contribution in [-0.2, 0) is 17.3 Å². The van der Waals surface area contributed by atoms with Crippen LogP contribution in [0.2, 0.25) is 0 Å². The van der Waals surface area contributed by atoms with Crippen LogP contribution in [0.25, 0.3) is 161 Å². The Morgan fingerprint density at radius 1 is 0.277 bits per heavy atom. The molecule has 0 amide bonds. The maximum atomic E-state index is 5.40. The predicted octanol–water partition coefficient (Wildman–Crippen LogP) is 21.6. The Kier molecular flexibility index (Phi) is 14.6. The first-order chi connectivity index (χ1) is 49.4. The Balaban J connectivity index is 0.716. The SMILES string of the molecule is CC(C)(C)c1ccc2c(c1)c1cc(C(C)(C)Cc3cc4c5ccncc5n(-c5cc(-c6nc(-c7ccccc7)cc(-c7ccccc7)n6)cc(-n6c7cnccc7c7ccncc76)c5)c4cn3)ccc1n2-c1ccc(-c2cccc(-c3nc(-c4ccccc4)cc(-c4ccccc4)n3)c2)cc1.